The van der Waals surface area contributed by atoms with Gasteiger partial charge in [0, 0.05) is 16.8 Å². The monoisotopic (exact) mass is 395 g/mol. The summed E-state index contributed by atoms with van der Waals surface area (Å²) in [6.07, 6.45) is 0. The van der Waals surface area contributed by atoms with E-state index in [1.807, 2.05) is 36.4 Å². The van der Waals surface area contributed by atoms with E-state index in [0.29, 0.717) is 33.1 Å². The zero-order valence-corrected chi connectivity index (χ0v) is 16.6. The molecule has 0 N–H and O–H groups in total. The van der Waals surface area contributed by atoms with Gasteiger partial charge in [0.25, 0.3) is 0 Å². The van der Waals surface area contributed by atoms with Crippen molar-refractivity contribution in [2.45, 2.75) is 30.7 Å². The highest BCUT2D eigenvalue weighted by atomic mass is 35.5. The van der Waals surface area contributed by atoms with E-state index in [4.69, 9.17) is 21.6 Å². The maximum atomic E-state index is 9.03. The lowest BCUT2D eigenvalue weighted by atomic mass is 10.1. The summed E-state index contributed by atoms with van der Waals surface area (Å²) in [6, 6.07) is 18.8. The number of hydrogen-bond donors (Lipinski definition) is 0. The van der Waals surface area contributed by atoms with Crippen molar-refractivity contribution < 1.29 is 4.74 Å². The first kappa shape index (κ1) is 19.2. The van der Waals surface area contributed by atoms with Gasteiger partial charge in [-0.15, -0.1) is 0 Å². The van der Waals surface area contributed by atoms with Crippen molar-refractivity contribution in [2.24, 2.45) is 0 Å². The van der Waals surface area contributed by atoms with Crippen LogP contribution in [0.1, 0.15) is 36.6 Å². The summed E-state index contributed by atoms with van der Waals surface area (Å²) >= 11 is 7.54. The number of nitrogens with zero attached hydrogens (tertiary/aromatic N) is 3. The second kappa shape index (κ2) is 8.90. The Kier molecular flexibility index (Phi) is 6.33. The van der Waals surface area contributed by atoms with Crippen LogP contribution in [0.15, 0.2) is 59.8 Å². The first-order valence-corrected chi connectivity index (χ1v) is 9.84. The van der Waals surface area contributed by atoms with Crippen LogP contribution in [-0.2, 0) is 5.75 Å². The smallest absolute Gasteiger partial charge is 0.223 e. The summed E-state index contributed by atoms with van der Waals surface area (Å²) in [4.78, 5) is 9.15. The van der Waals surface area contributed by atoms with Crippen LogP contribution >= 0.6 is 23.4 Å². The molecule has 0 unspecified atom stereocenters. The molecule has 0 spiro atoms. The van der Waals surface area contributed by atoms with Crippen molar-refractivity contribution in [3.63, 3.8) is 0 Å². The van der Waals surface area contributed by atoms with E-state index in [1.165, 1.54) is 11.8 Å². The standard InChI is InChI=1S/C21H18ClN3OS/c1-14(2)19-11-20(26-18-8-4-7-17(22)10-18)25-21(24-19)27-13-16-6-3-5-15(9-16)12-23/h3-11,14H,13H2,1-2H3. The molecule has 1 heterocycles. The highest BCUT2D eigenvalue weighted by molar-refractivity contribution is 7.98. The molecule has 0 amide bonds. The van der Waals surface area contributed by atoms with Gasteiger partial charge in [0.2, 0.25) is 5.88 Å². The molecule has 0 saturated heterocycles. The van der Waals surface area contributed by atoms with E-state index in [2.05, 4.69) is 29.9 Å². The number of hydrogen-bond acceptors (Lipinski definition) is 5. The zero-order valence-electron chi connectivity index (χ0n) is 15.0. The number of halogens is 1. The molecule has 2 aromatic carbocycles. The molecule has 0 aliphatic carbocycles. The van der Waals surface area contributed by atoms with Gasteiger partial charge in [0.05, 0.1) is 17.3 Å². The SMILES string of the molecule is CC(C)c1cc(Oc2cccc(Cl)c2)nc(SCc2cccc(C#N)c2)n1. The van der Waals surface area contributed by atoms with Gasteiger partial charge in [0.1, 0.15) is 5.75 Å². The molecule has 0 aliphatic heterocycles. The summed E-state index contributed by atoms with van der Waals surface area (Å²) in [6.45, 7) is 4.16. The fourth-order valence-corrected chi connectivity index (χ4v) is 3.34. The van der Waals surface area contributed by atoms with Gasteiger partial charge in [-0.25, -0.2) is 4.98 Å². The molecule has 27 heavy (non-hydrogen) atoms. The summed E-state index contributed by atoms with van der Waals surface area (Å²) in [7, 11) is 0. The Morgan fingerprint density at radius 3 is 2.67 bits per heavy atom. The van der Waals surface area contributed by atoms with Gasteiger partial charge in [0.15, 0.2) is 5.16 Å². The van der Waals surface area contributed by atoms with E-state index in [-0.39, 0.29) is 5.92 Å². The van der Waals surface area contributed by atoms with Gasteiger partial charge in [-0.05, 0) is 41.8 Å². The van der Waals surface area contributed by atoms with Crippen LogP contribution in [0.3, 0.4) is 0 Å². The Morgan fingerprint density at radius 2 is 1.93 bits per heavy atom. The van der Waals surface area contributed by atoms with Crippen molar-refractivity contribution in [3.8, 4) is 17.7 Å². The number of aromatic nitrogens is 2. The van der Waals surface area contributed by atoms with Crippen LogP contribution in [0.5, 0.6) is 11.6 Å². The van der Waals surface area contributed by atoms with E-state index in [0.717, 1.165) is 11.3 Å². The second-order valence-electron chi connectivity index (χ2n) is 6.23. The lowest BCUT2D eigenvalue weighted by Gasteiger charge is -2.11. The normalized spacial score (nSPS) is 10.6. The molecule has 6 heteroatoms. The van der Waals surface area contributed by atoms with Crippen molar-refractivity contribution in [2.75, 3.05) is 0 Å². The minimum atomic E-state index is 0.246. The number of benzene rings is 2. The van der Waals surface area contributed by atoms with Crippen LogP contribution in [0.4, 0.5) is 0 Å². The fourth-order valence-electron chi connectivity index (χ4n) is 2.36. The maximum absolute atomic E-state index is 9.03. The molecule has 0 fully saturated rings. The molecular formula is C21H18ClN3OS. The van der Waals surface area contributed by atoms with Gasteiger partial charge in [-0.2, -0.15) is 10.2 Å². The number of nitriles is 1. The molecule has 136 valence electrons. The minimum absolute atomic E-state index is 0.246. The van der Waals surface area contributed by atoms with Crippen molar-refractivity contribution in [1.82, 2.24) is 9.97 Å². The summed E-state index contributed by atoms with van der Waals surface area (Å²) in [5.41, 5.74) is 2.61. The molecule has 0 bridgehead atoms. The number of thioether (sulfide) groups is 1. The molecule has 0 radical (unpaired) electrons. The van der Waals surface area contributed by atoms with Crippen LogP contribution in [-0.4, -0.2) is 9.97 Å². The van der Waals surface area contributed by atoms with Crippen molar-refractivity contribution in [1.29, 1.82) is 5.26 Å². The molecular weight excluding hydrogens is 378 g/mol. The second-order valence-corrected chi connectivity index (χ2v) is 7.61. The zero-order chi connectivity index (χ0) is 19.2. The Hall–Kier alpha value is -2.55. The van der Waals surface area contributed by atoms with Gasteiger partial charge in [-0.1, -0.05) is 55.4 Å². The van der Waals surface area contributed by atoms with Crippen molar-refractivity contribution >= 4 is 23.4 Å². The molecule has 4 nitrogen and oxygen atoms in total. The van der Waals surface area contributed by atoms with Crippen LogP contribution in [0, 0.1) is 11.3 Å². The van der Waals surface area contributed by atoms with E-state index in [9.17, 15) is 0 Å². The molecule has 1 aromatic heterocycles. The van der Waals surface area contributed by atoms with Gasteiger partial charge < -0.3 is 4.74 Å². The fraction of sp³-hybridized carbons (Fsp3) is 0.190. The van der Waals surface area contributed by atoms with Gasteiger partial charge >= 0.3 is 0 Å². The third-order valence-electron chi connectivity index (χ3n) is 3.74. The Morgan fingerprint density at radius 1 is 1.11 bits per heavy atom. The average Bonchev–Trinajstić information content (AvgIpc) is 2.66. The van der Waals surface area contributed by atoms with E-state index >= 15 is 0 Å². The average molecular weight is 396 g/mol. The van der Waals surface area contributed by atoms with Crippen LogP contribution in [0.2, 0.25) is 5.02 Å². The molecule has 0 saturated carbocycles. The highest BCUT2D eigenvalue weighted by Gasteiger charge is 2.11. The Labute approximate surface area is 168 Å². The maximum Gasteiger partial charge on any atom is 0.223 e. The molecule has 0 aliphatic rings. The molecule has 3 rings (SSSR count). The summed E-state index contributed by atoms with van der Waals surface area (Å²) in [5, 5.41) is 10.3. The van der Waals surface area contributed by atoms with Crippen LogP contribution < -0.4 is 4.74 Å². The lowest BCUT2D eigenvalue weighted by Crippen LogP contribution is -2.00. The van der Waals surface area contributed by atoms with Crippen molar-refractivity contribution in [3.05, 3.63) is 76.4 Å². The molecule has 0 atom stereocenters. The topological polar surface area (TPSA) is 58.8 Å². The first-order chi connectivity index (χ1) is 13.0. The first-order valence-electron chi connectivity index (χ1n) is 8.48. The number of rotatable bonds is 6. The predicted molar refractivity (Wildman–Crippen MR) is 108 cm³/mol. The quantitative estimate of drug-likeness (QED) is 0.366. The summed E-state index contributed by atoms with van der Waals surface area (Å²) < 4.78 is 5.89. The molecule has 3 aromatic rings. The highest BCUT2D eigenvalue weighted by Crippen LogP contribution is 2.28. The Balaban J connectivity index is 1.81. The largest absolute Gasteiger partial charge is 0.439 e. The van der Waals surface area contributed by atoms with Crippen LogP contribution in [0.25, 0.3) is 0 Å². The third kappa shape index (κ3) is 5.46. The number of ether oxygens (including phenoxy) is 1. The van der Waals surface area contributed by atoms with E-state index < -0.39 is 0 Å². The van der Waals surface area contributed by atoms with E-state index in [1.54, 1.807) is 18.2 Å². The third-order valence-corrected chi connectivity index (χ3v) is 4.89. The van der Waals surface area contributed by atoms with Gasteiger partial charge in [-0.3, -0.25) is 0 Å². The Bertz CT molecular complexity index is 985. The lowest BCUT2D eigenvalue weighted by molar-refractivity contribution is 0.453. The predicted octanol–water partition coefficient (Wildman–Crippen LogP) is 6.21. The summed E-state index contributed by atoms with van der Waals surface area (Å²) in [5.74, 6) is 2.04. The minimum Gasteiger partial charge on any atom is -0.439 e.